The SMILES string of the molecule is Cc1cnc(C(NC(=O)N2CCC(CO)C2)C2CC2)s1. The van der Waals surface area contributed by atoms with Crippen LogP contribution in [0, 0.1) is 18.8 Å². The van der Waals surface area contributed by atoms with Gasteiger partial charge >= 0.3 is 6.03 Å². The summed E-state index contributed by atoms with van der Waals surface area (Å²) in [4.78, 5) is 19.8. The van der Waals surface area contributed by atoms with Gasteiger partial charge in [0.05, 0.1) is 6.04 Å². The first kappa shape index (κ1) is 13.8. The number of carbonyl (C=O) groups is 1. The van der Waals surface area contributed by atoms with E-state index >= 15 is 0 Å². The molecule has 20 heavy (non-hydrogen) atoms. The summed E-state index contributed by atoms with van der Waals surface area (Å²) in [5, 5.41) is 13.3. The number of amides is 2. The van der Waals surface area contributed by atoms with Gasteiger partial charge in [-0.05, 0) is 32.1 Å². The highest BCUT2D eigenvalue weighted by molar-refractivity contribution is 7.11. The number of aliphatic hydroxyl groups is 1. The first-order valence-corrected chi connectivity index (χ1v) is 8.07. The second-order valence-corrected chi connectivity index (χ2v) is 7.12. The standard InChI is InChI=1S/C14H21N3O2S/c1-9-6-15-13(20-9)12(11-2-3-11)16-14(19)17-5-4-10(7-17)8-18/h6,10-12,18H,2-5,7-8H2,1H3,(H,16,19). The number of hydrogen-bond acceptors (Lipinski definition) is 4. The van der Waals surface area contributed by atoms with Crippen LogP contribution in [0.15, 0.2) is 6.20 Å². The zero-order valence-corrected chi connectivity index (χ0v) is 12.5. The van der Waals surface area contributed by atoms with Gasteiger partial charge in [0, 0.05) is 36.7 Å². The van der Waals surface area contributed by atoms with Crippen molar-refractivity contribution in [3.8, 4) is 0 Å². The van der Waals surface area contributed by atoms with Gasteiger partial charge in [-0.15, -0.1) is 11.3 Å². The van der Waals surface area contributed by atoms with Gasteiger partial charge < -0.3 is 15.3 Å². The third-order valence-electron chi connectivity index (χ3n) is 4.11. The third-order valence-corrected chi connectivity index (χ3v) is 5.10. The molecular formula is C14H21N3O2S. The van der Waals surface area contributed by atoms with E-state index < -0.39 is 0 Å². The average molecular weight is 295 g/mol. The van der Waals surface area contributed by atoms with Crippen LogP contribution >= 0.6 is 11.3 Å². The Morgan fingerprint density at radius 3 is 2.95 bits per heavy atom. The number of likely N-dealkylation sites (tertiary alicyclic amines) is 1. The number of thiazole rings is 1. The van der Waals surface area contributed by atoms with Crippen molar-refractivity contribution in [2.75, 3.05) is 19.7 Å². The Hall–Kier alpha value is -1.14. The lowest BCUT2D eigenvalue weighted by atomic mass is 10.1. The summed E-state index contributed by atoms with van der Waals surface area (Å²) in [7, 11) is 0. The van der Waals surface area contributed by atoms with Gasteiger partial charge in [-0.2, -0.15) is 0 Å². The lowest BCUT2D eigenvalue weighted by molar-refractivity contribution is 0.193. The first-order chi connectivity index (χ1) is 9.67. The summed E-state index contributed by atoms with van der Waals surface area (Å²) in [5.41, 5.74) is 0. The van der Waals surface area contributed by atoms with E-state index in [1.165, 1.54) is 17.7 Å². The highest BCUT2D eigenvalue weighted by Crippen LogP contribution is 2.42. The molecule has 2 fully saturated rings. The molecule has 1 saturated carbocycles. The fraction of sp³-hybridized carbons (Fsp3) is 0.714. The lowest BCUT2D eigenvalue weighted by Crippen LogP contribution is -2.41. The van der Waals surface area contributed by atoms with Crippen molar-refractivity contribution in [2.45, 2.75) is 32.2 Å². The highest BCUT2D eigenvalue weighted by atomic mass is 32.1. The van der Waals surface area contributed by atoms with Gasteiger partial charge in [0.25, 0.3) is 0 Å². The highest BCUT2D eigenvalue weighted by Gasteiger charge is 2.37. The van der Waals surface area contributed by atoms with Crippen LogP contribution in [-0.4, -0.2) is 40.7 Å². The molecule has 5 nitrogen and oxygen atoms in total. The van der Waals surface area contributed by atoms with Crippen LogP contribution in [-0.2, 0) is 0 Å². The molecule has 2 amide bonds. The van der Waals surface area contributed by atoms with Crippen LogP contribution in [0.2, 0.25) is 0 Å². The van der Waals surface area contributed by atoms with Crippen molar-refractivity contribution >= 4 is 17.4 Å². The minimum Gasteiger partial charge on any atom is -0.396 e. The second-order valence-electron chi connectivity index (χ2n) is 5.86. The molecule has 1 aromatic heterocycles. The Labute approximate surface area is 123 Å². The Balaban J connectivity index is 1.63. The number of rotatable bonds is 4. The van der Waals surface area contributed by atoms with Crippen LogP contribution in [0.5, 0.6) is 0 Å². The predicted molar refractivity (Wildman–Crippen MR) is 77.6 cm³/mol. The molecule has 110 valence electrons. The minimum atomic E-state index is -0.00861. The number of hydrogen-bond donors (Lipinski definition) is 2. The van der Waals surface area contributed by atoms with Crippen molar-refractivity contribution in [2.24, 2.45) is 11.8 Å². The van der Waals surface area contributed by atoms with E-state index in [1.807, 2.05) is 18.0 Å². The van der Waals surface area contributed by atoms with Crippen molar-refractivity contribution in [3.05, 3.63) is 16.1 Å². The van der Waals surface area contributed by atoms with Gasteiger partial charge in [0.2, 0.25) is 0 Å². The molecule has 0 bridgehead atoms. The average Bonchev–Trinajstić information content (AvgIpc) is 3.00. The number of nitrogens with zero attached hydrogens (tertiary/aromatic N) is 2. The molecule has 1 saturated heterocycles. The molecule has 2 heterocycles. The summed E-state index contributed by atoms with van der Waals surface area (Å²) in [6.07, 6.45) is 5.11. The topological polar surface area (TPSA) is 65.5 Å². The number of aromatic nitrogens is 1. The second kappa shape index (κ2) is 5.69. The molecule has 6 heteroatoms. The van der Waals surface area contributed by atoms with Crippen LogP contribution in [0.1, 0.15) is 35.2 Å². The van der Waals surface area contributed by atoms with E-state index in [0.717, 1.165) is 18.0 Å². The molecule has 0 spiro atoms. The molecule has 1 aromatic rings. The number of urea groups is 1. The maximum Gasteiger partial charge on any atom is 0.317 e. The monoisotopic (exact) mass is 295 g/mol. The molecule has 3 rings (SSSR count). The van der Waals surface area contributed by atoms with Crippen LogP contribution in [0.3, 0.4) is 0 Å². The van der Waals surface area contributed by atoms with E-state index in [1.54, 1.807) is 11.3 Å². The summed E-state index contributed by atoms with van der Waals surface area (Å²) in [6, 6.07) is 0.0556. The largest absolute Gasteiger partial charge is 0.396 e. The van der Waals surface area contributed by atoms with Gasteiger partial charge in [-0.25, -0.2) is 9.78 Å². The van der Waals surface area contributed by atoms with Crippen molar-refractivity contribution < 1.29 is 9.90 Å². The van der Waals surface area contributed by atoms with E-state index in [2.05, 4.69) is 10.3 Å². The lowest BCUT2D eigenvalue weighted by Gasteiger charge is -2.22. The smallest absolute Gasteiger partial charge is 0.317 e. The van der Waals surface area contributed by atoms with Crippen molar-refractivity contribution in [3.63, 3.8) is 0 Å². The first-order valence-electron chi connectivity index (χ1n) is 7.26. The van der Waals surface area contributed by atoms with E-state index in [9.17, 15) is 4.79 Å². The third kappa shape index (κ3) is 2.96. The zero-order valence-electron chi connectivity index (χ0n) is 11.7. The Morgan fingerprint density at radius 2 is 2.40 bits per heavy atom. The van der Waals surface area contributed by atoms with E-state index in [-0.39, 0.29) is 24.6 Å². The Kier molecular flexibility index (Phi) is 3.94. The fourth-order valence-corrected chi connectivity index (χ4v) is 3.64. The van der Waals surface area contributed by atoms with Gasteiger partial charge in [0.15, 0.2) is 0 Å². The molecule has 1 aliphatic carbocycles. The molecular weight excluding hydrogens is 274 g/mol. The zero-order chi connectivity index (χ0) is 14.1. The van der Waals surface area contributed by atoms with Gasteiger partial charge in [-0.3, -0.25) is 0 Å². The summed E-state index contributed by atoms with van der Waals surface area (Å²) >= 11 is 1.67. The maximum absolute atomic E-state index is 12.3. The summed E-state index contributed by atoms with van der Waals surface area (Å²) in [5.74, 6) is 0.781. The molecule has 2 aliphatic rings. The molecule has 0 radical (unpaired) electrons. The summed E-state index contributed by atoms with van der Waals surface area (Å²) in [6.45, 7) is 3.61. The molecule has 2 atom stereocenters. The minimum absolute atomic E-state index is 0.00861. The Morgan fingerprint density at radius 1 is 1.60 bits per heavy atom. The maximum atomic E-state index is 12.3. The predicted octanol–water partition coefficient (Wildman–Crippen LogP) is 1.93. The van der Waals surface area contributed by atoms with Crippen molar-refractivity contribution in [1.82, 2.24) is 15.2 Å². The molecule has 0 aromatic carbocycles. The molecule has 2 unspecified atom stereocenters. The van der Waals surface area contributed by atoms with E-state index in [4.69, 9.17) is 5.11 Å². The molecule has 1 aliphatic heterocycles. The quantitative estimate of drug-likeness (QED) is 0.892. The summed E-state index contributed by atoms with van der Waals surface area (Å²) < 4.78 is 0. The molecule has 2 N–H and O–H groups in total. The number of aryl methyl sites for hydroxylation is 1. The van der Waals surface area contributed by atoms with Gasteiger partial charge in [0.1, 0.15) is 5.01 Å². The Bertz CT molecular complexity index is 487. The number of aliphatic hydroxyl groups excluding tert-OH is 1. The van der Waals surface area contributed by atoms with Crippen molar-refractivity contribution in [1.29, 1.82) is 0 Å². The van der Waals surface area contributed by atoms with Gasteiger partial charge in [-0.1, -0.05) is 0 Å². The number of nitrogens with one attached hydrogen (secondary N) is 1. The number of carbonyl (C=O) groups excluding carboxylic acids is 1. The fourth-order valence-electron chi connectivity index (χ4n) is 2.72. The van der Waals surface area contributed by atoms with E-state index in [0.29, 0.717) is 12.5 Å². The normalized spacial score (nSPS) is 23.9. The van der Waals surface area contributed by atoms with Crippen LogP contribution in [0.4, 0.5) is 4.79 Å². The van der Waals surface area contributed by atoms with Crippen LogP contribution in [0.25, 0.3) is 0 Å². The van der Waals surface area contributed by atoms with Crippen LogP contribution < -0.4 is 5.32 Å².